The van der Waals surface area contributed by atoms with Crippen LogP contribution in [-0.2, 0) is 24.0 Å². The molecule has 1 saturated heterocycles. The van der Waals surface area contributed by atoms with Crippen molar-refractivity contribution < 1.29 is 14.1 Å². The number of aromatic amines is 1. The number of H-pyrrole nitrogens is 1. The van der Waals surface area contributed by atoms with Gasteiger partial charge in [0.2, 0.25) is 0 Å². The zero-order valence-corrected chi connectivity index (χ0v) is 21.3. The van der Waals surface area contributed by atoms with E-state index in [1.807, 2.05) is 40.8 Å². The van der Waals surface area contributed by atoms with Crippen LogP contribution in [0.15, 0.2) is 66.9 Å². The van der Waals surface area contributed by atoms with E-state index in [4.69, 9.17) is 0 Å². The van der Waals surface area contributed by atoms with Crippen LogP contribution in [0.3, 0.4) is 0 Å². The highest BCUT2D eigenvalue weighted by molar-refractivity contribution is 7.81. The Hall–Kier alpha value is -3.70. The summed E-state index contributed by atoms with van der Waals surface area (Å²) in [7, 11) is -0.881. The van der Waals surface area contributed by atoms with E-state index in [1.54, 1.807) is 18.4 Å². The molecule has 2 aliphatic heterocycles. The molecule has 3 heterocycles. The van der Waals surface area contributed by atoms with Crippen molar-refractivity contribution >= 4 is 27.9 Å². The van der Waals surface area contributed by atoms with Gasteiger partial charge in [0.25, 0.3) is 0 Å². The van der Waals surface area contributed by atoms with Crippen molar-refractivity contribution in [1.82, 2.24) is 14.2 Å². The number of hydrogen-bond donors (Lipinski definition) is 2. The standard InChI is InChI=1S/C30H27N3O3S/c1-37(36)33-18-26(19-33)32-14-12-23-15-20(6-8-25(23)17-32)5-7-22-3-2-4-27(30(34)35)29(22)24-10-9-21-11-13-31-28(21)16-24/h2-4,6,8-11,13,15-16,26,31H,12,14,17-19H2,1H3,(H,34,35). The van der Waals surface area contributed by atoms with Crippen LogP contribution in [0.25, 0.3) is 22.0 Å². The van der Waals surface area contributed by atoms with Gasteiger partial charge < -0.3 is 10.1 Å². The number of nitrogens with zero attached hydrogens (tertiary/aromatic N) is 2. The third-order valence-corrected chi connectivity index (χ3v) is 8.46. The molecular formula is C30H27N3O3S. The summed E-state index contributed by atoms with van der Waals surface area (Å²) in [6, 6.07) is 20.0. The van der Waals surface area contributed by atoms with Crippen molar-refractivity contribution in [3.8, 4) is 23.0 Å². The molecule has 1 aromatic heterocycles. The van der Waals surface area contributed by atoms with Crippen molar-refractivity contribution in [3.05, 3.63) is 94.7 Å². The smallest absolute Gasteiger partial charge is 0.336 e. The number of nitrogens with one attached hydrogen (secondary N) is 1. The minimum Gasteiger partial charge on any atom is -0.478 e. The topological polar surface area (TPSA) is 76.6 Å². The summed E-state index contributed by atoms with van der Waals surface area (Å²) in [5.74, 6) is 5.58. The van der Waals surface area contributed by atoms with Gasteiger partial charge in [-0.25, -0.2) is 13.3 Å². The number of benzene rings is 3. The largest absolute Gasteiger partial charge is 0.478 e. The van der Waals surface area contributed by atoms with Gasteiger partial charge in [0.05, 0.1) is 16.5 Å². The lowest BCUT2D eigenvalue weighted by Crippen LogP contribution is -2.60. The van der Waals surface area contributed by atoms with Gasteiger partial charge in [-0.15, -0.1) is 0 Å². The molecule has 2 aliphatic rings. The SMILES string of the molecule is CS(=O)N1CC(N2CCc3cc(C#Cc4cccc(C(=O)O)c4-c4ccc5cc[nH]c5c4)ccc3C2)C1. The molecule has 1 unspecified atom stereocenters. The first-order chi connectivity index (χ1) is 18.0. The normalized spacial score (nSPS) is 17.0. The lowest BCUT2D eigenvalue weighted by molar-refractivity contribution is 0.0697. The molecule has 0 amide bonds. The molecule has 2 N–H and O–H groups in total. The summed E-state index contributed by atoms with van der Waals surface area (Å²) >= 11 is 0. The minimum absolute atomic E-state index is 0.240. The highest BCUT2D eigenvalue weighted by atomic mass is 32.2. The summed E-state index contributed by atoms with van der Waals surface area (Å²) < 4.78 is 13.6. The van der Waals surface area contributed by atoms with Crippen molar-refractivity contribution in [2.24, 2.45) is 0 Å². The molecule has 0 bridgehead atoms. The van der Waals surface area contributed by atoms with E-state index in [-0.39, 0.29) is 5.56 Å². The summed E-state index contributed by atoms with van der Waals surface area (Å²) in [6.07, 6.45) is 4.58. The van der Waals surface area contributed by atoms with Crippen LogP contribution in [0.5, 0.6) is 0 Å². The third-order valence-electron chi connectivity index (χ3n) is 7.44. The van der Waals surface area contributed by atoms with E-state index in [0.29, 0.717) is 17.2 Å². The molecule has 186 valence electrons. The Balaban J connectivity index is 1.28. The number of carboxylic acid groups (broad SMARTS) is 1. The lowest BCUT2D eigenvalue weighted by atomic mass is 9.93. The molecule has 1 fully saturated rings. The fraction of sp³-hybridized carbons (Fsp3) is 0.233. The molecule has 0 aliphatic carbocycles. The molecule has 4 aromatic rings. The molecular weight excluding hydrogens is 482 g/mol. The van der Waals surface area contributed by atoms with Crippen LogP contribution in [-0.4, -0.2) is 61.4 Å². The molecule has 1 atom stereocenters. The van der Waals surface area contributed by atoms with Gasteiger partial charge in [-0.3, -0.25) is 4.90 Å². The maximum atomic E-state index is 12.1. The Morgan fingerprint density at radius 1 is 1.05 bits per heavy atom. The van der Waals surface area contributed by atoms with Gasteiger partial charge in [-0.05, 0) is 64.9 Å². The molecule has 0 spiro atoms. The van der Waals surface area contributed by atoms with Crippen LogP contribution in [0.4, 0.5) is 0 Å². The second kappa shape index (κ2) is 9.64. The number of aromatic nitrogens is 1. The number of fused-ring (bicyclic) bond motifs is 2. The molecule has 6 rings (SSSR count). The fourth-order valence-corrected chi connectivity index (χ4v) is 6.07. The summed E-state index contributed by atoms with van der Waals surface area (Å²) in [5.41, 5.74) is 6.91. The van der Waals surface area contributed by atoms with Gasteiger partial charge in [0, 0.05) is 66.9 Å². The van der Waals surface area contributed by atoms with Gasteiger partial charge in [-0.2, -0.15) is 0 Å². The van der Waals surface area contributed by atoms with Crippen molar-refractivity contribution in [1.29, 1.82) is 0 Å². The summed E-state index contributed by atoms with van der Waals surface area (Å²) in [6.45, 7) is 3.64. The quantitative estimate of drug-likeness (QED) is 0.403. The number of hydrogen-bond acceptors (Lipinski definition) is 3. The maximum absolute atomic E-state index is 12.1. The average Bonchev–Trinajstić information content (AvgIpc) is 3.34. The van der Waals surface area contributed by atoms with Crippen molar-refractivity contribution in [2.45, 2.75) is 19.0 Å². The van der Waals surface area contributed by atoms with E-state index in [9.17, 15) is 14.1 Å². The van der Waals surface area contributed by atoms with Crippen molar-refractivity contribution in [2.75, 3.05) is 25.9 Å². The molecule has 6 nitrogen and oxygen atoms in total. The molecule has 37 heavy (non-hydrogen) atoms. The molecule has 0 saturated carbocycles. The molecule has 0 radical (unpaired) electrons. The Kier molecular flexibility index (Phi) is 6.17. The first-order valence-electron chi connectivity index (χ1n) is 12.4. The van der Waals surface area contributed by atoms with Crippen molar-refractivity contribution in [3.63, 3.8) is 0 Å². The van der Waals surface area contributed by atoms with Crippen LogP contribution >= 0.6 is 0 Å². The lowest BCUT2D eigenvalue weighted by Gasteiger charge is -2.45. The van der Waals surface area contributed by atoms with Gasteiger partial charge in [0.1, 0.15) is 0 Å². The van der Waals surface area contributed by atoms with Crippen LogP contribution in [0, 0.1) is 11.8 Å². The van der Waals surface area contributed by atoms with Gasteiger partial charge in [-0.1, -0.05) is 36.1 Å². The van der Waals surface area contributed by atoms with E-state index < -0.39 is 17.0 Å². The van der Waals surface area contributed by atoms with E-state index >= 15 is 0 Å². The highest BCUT2D eigenvalue weighted by Crippen LogP contribution is 2.31. The number of carboxylic acids is 1. The van der Waals surface area contributed by atoms with Gasteiger partial charge >= 0.3 is 5.97 Å². The van der Waals surface area contributed by atoms with E-state index in [1.165, 1.54) is 11.1 Å². The Labute approximate surface area is 218 Å². The number of carbonyl (C=O) groups is 1. The second-order valence-corrected chi connectivity index (χ2v) is 11.1. The van der Waals surface area contributed by atoms with E-state index in [2.05, 4.69) is 39.9 Å². The summed E-state index contributed by atoms with van der Waals surface area (Å²) in [5, 5.41) is 11.0. The maximum Gasteiger partial charge on any atom is 0.336 e. The monoisotopic (exact) mass is 509 g/mol. The molecule has 3 aromatic carbocycles. The second-order valence-electron chi connectivity index (χ2n) is 9.69. The Bertz CT molecular complexity index is 1610. The van der Waals surface area contributed by atoms with Crippen LogP contribution in [0.2, 0.25) is 0 Å². The minimum atomic E-state index is -0.969. The van der Waals surface area contributed by atoms with E-state index in [0.717, 1.165) is 54.6 Å². The van der Waals surface area contributed by atoms with Crippen LogP contribution in [0.1, 0.15) is 32.6 Å². The first-order valence-corrected chi connectivity index (χ1v) is 13.9. The predicted octanol–water partition coefficient (Wildman–Crippen LogP) is 4.27. The Morgan fingerprint density at radius 3 is 2.73 bits per heavy atom. The third kappa shape index (κ3) is 4.60. The highest BCUT2D eigenvalue weighted by Gasteiger charge is 2.35. The zero-order valence-electron chi connectivity index (χ0n) is 20.5. The average molecular weight is 510 g/mol. The first kappa shape index (κ1) is 23.7. The Morgan fingerprint density at radius 2 is 1.92 bits per heavy atom. The fourth-order valence-electron chi connectivity index (χ4n) is 5.31. The summed E-state index contributed by atoms with van der Waals surface area (Å²) in [4.78, 5) is 17.8. The van der Waals surface area contributed by atoms with Crippen LogP contribution < -0.4 is 0 Å². The zero-order chi connectivity index (χ0) is 25.5. The number of rotatable bonds is 4. The molecule has 7 heteroatoms. The predicted molar refractivity (Wildman–Crippen MR) is 147 cm³/mol. The van der Waals surface area contributed by atoms with Gasteiger partial charge in [0.15, 0.2) is 0 Å². The number of aromatic carboxylic acids is 1.